The fraction of sp³-hybridized carbons (Fsp3) is 0.200. The van der Waals surface area contributed by atoms with Gasteiger partial charge in [0.15, 0.2) is 0 Å². The van der Waals surface area contributed by atoms with Gasteiger partial charge in [0.1, 0.15) is 11.7 Å². The quantitative estimate of drug-likeness (QED) is 0.640. The van der Waals surface area contributed by atoms with Crippen LogP contribution < -0.4 is 10.3 Å². The molecule has 0 unspecified atom stereocenters. The van der Waals surface area contributed by atoms with Crippen LogP contribution in [0, 0.1) is 3.57 Å². The second kappa shape index (κ2) is 7.34. The van der Waals surface area contributed by atoms with Gasteiger partial charge in [0.2, 0.25) is 10.0 Å². The lowest BCUT2D eigenvalue weighted by molar-refractivity contribution is -0.140. The number of carboxylic acids is 1. The number of aromatic nitrogens is 1. The molecule has 0 saturated carbocycles. The van der Waals surface area contributed by atoms with E-state index in [-0.39, 0.29) is 11.4 Å². The van der Waals surface area contributed by atoms with E-state index in [1.807, 2.05) is 0 Å². The molecule has 128 valence electrons. The van der Waals surface area contributed by atoms with Gasteiger partial charge in [0.25, 0.3) is 5.56 Å². The minimum Gasteiger partial charge on any atom is -0.480 e. The van der Waals surface area contributed by atoms with E-state index in [0.29, 0.717) is 5.56 Å². The van der Waals surface area contributed by atoms with Crippen LogP contribution in [0.4, 0.5) is 5.69 Å². The molecule has 2 rings (SSSR count). The van der Waals surface area contributed by atoms with Crippen LogP contribution in [0.15, 0.2) is 47.4 Å². The summed E-state index contributed by atoms with van der Waals surface area (Å²) in [5.41, 5.74) is -0.312. The number of nitrogens with one attached hydrogen (secondary N) is 1. The first-order valence-electron chi connectivity index (χ1n) is 6.88. The predicted octanol–water partition coefficient (Wildman–Crippen LogP) is 2.04. The van der Waals surface area contributed by atoms with Crippen LogP contribution in [0.3, 0.4) is 0 Å². The van der Waals surface area contributed by atoms with Crippen molar-refractivity contribution in [1.29, 1.82) is 0 Å². The lowest BCUT2D eigenvalue weighted by Crippen LogP contribution is -2.30. The highest BCUT2D eigenvalue weighted by Gasteiger charge is 2.18. The average molecular weight is 462 g/mol. The summed E-state index contributed by atoms with van der Waals surface area (Å²) in [7, 11) is -3.80. The molecule has 2 N–H and O–H groups in total. The molecule has 2 aromatic rings. The number of hydrogen-bond acceptors (Lipinski definition) is 4. The summed E-state index contributed by atoms with van der Waals surface area (Å²) in [6, 6.07) is 8.58. The van der Waals surface area contributed by atoms with Gasteiger partial charge in [-0.1, -0.05) is 12.1 Å². The summed E-state index contributed by atoms with van der Waals surface area (Å²) in [6.07, 6.45) is 1.30. The van der Waals surface area contributed by atoms with Crippen LogP contribution in [0.2, 0.25) is 0 Å². The Morgan fingerprint density at radius 1 is 1.29 bits per heavy atom. The fourth-order valence-corrected chi connectivity index (χ4v) is 3.57. The second-order valence-electron chi connectivity index (χ2n) is 5.14. The molecule has 0 aliphatic rings. The van der Waals surface area contributed by atoms with Crippen molar-refractivity contribution in [3.05, 3.63) is 62.1 Å². The largest absolute Gasteiger partial charge is 0.480 e. The molecule has 0 spiro atoms. The molecular formula is C15H15IN2O5S. The molecule has 0 bridgehead atoms. The number of pyridine rings is 1. The van der Waals surface area contributed by atoms with E-state index in [9.17, 15) is 18.0 Å². The van der Waals surface area contributed by atoms with Crippen LogP contribution in [0.5, 0.6) is 0 Å². The molecule has 1 atom stereocenters. The maximum Gasteiger partial charge on any atom is 0.326 e. The Balaban J connectivity index is 2.27. The van der Waals surface area contributed by atoms with Gasteiger partial charge in [-0.2, -0.15) is 0 Å². The van der Waals surface area contributed by atoms with Gasteiger partial charge in [0, 0.05) is 9.77 Å². The number of hydrogen-bond donors (Lipinski definition) is 2. The van der Waals surface area contributed by atoms with Gasteiger partial charge in [-0.05, 0) is 59.3 Å². The summed E-state index contributed by atoms with van der Waals surface area (Å²) in [6.45, 7) is 1.34. The van der Waals surface area contributed by atoms with Crippen LogP contribution >= 0.6 is 22.6 Å². The molecular weight excluding hydrogens is 447 g/mol. The SMILES string of the molecule is C[C@@H](C(=O)O)n1cccc(NS(=O)(=O)Cc2ccc(I)cc2)c1=O. The minimum atomic E-state index is -3.80. The first-order chi connectivity index (χ1) is 11.2. The molecule has 1 heterocycles. The maximum atomic E-state index is 12.3. The van der Waals surface area contributed by atoms with Crippen LogP contribution in [-0.2, 0) is 20.6 Å². The van der Waals surface area contributed by atoms with Crippen molar-refractivity contribution in [2.75, 3.05) is 4.72 Å². The summed E-state index contributed by atoms with van der Waals surface area (Å²) in [5.74, 6) is -1.47. The summed E-state index contributed by atoms with van der Waals surface area (Å²) < 4.78 is 28.7. The predicted molar refractivity (Wildman–Crippen MR) is 98.5 cm³/mol. The number of anilines is 1. The Morgan fingerprint density at radius 2 is 1.92 bits per heavy atom. The zero-order valence-electron chi connectivity index (χ0n) is 12.6. The third-order valence-corrected chi connectivity index (χ3v) is 5.25. The van der Waals surface area contributed by atoms with Gasteiger partial charge >= 0.3 is 5.97 Å². The number of nitrogens with zero attached hydrogens (tertiary/aromatic N) is 1. The number of aliphatic carboxylic acids is 1. The second-order valence-corrected chi connectivity index (χ2v) is 8.10. The number of sulfonamides is 1. The van der Waals surface area contributed by atoms with Crippen LogP contribution in [0.1, 0.15) is 18.5 Å². The van der Waals surface area contributed by atoms with Gasteiger partial charge in [0.05, 0.1) is 5.75 Å². The summed E-state index contributed by atoms with van der Waals surface area (Å²) in [4.78, 5) is 23.3. The highest BCUT2D eigenvalue weighted by molar-refractivity contribution is 14.1. The first-order valence-corrected chi connectivity index (χ1v) is 9.61. The molecule has 0 amide bonds. The third kappa shape index (κ3) is 4.57. The zero-order valence-corrected chi connectivity index (χ0v) is 15.6. The van der Waals surface area contributed by atoms with Crippen molar-refractivity contribution in [2.24, 2.45) is 0 Å². The highest BCUT2D eigenvalue weighted by Crippen LogP contribution is 2.13. The molecule has 1 aromatic carbocycles. The van der Waals surface area contributed by atoms with E-state index >= 15 is 0 Å². The normalized spacial score (nSPS) is 12.6. The van der Waals surface area contributed by atoms with Crippen molar-refractivity contribution < 1.29 is 18.3 Å². The molecule has 24 heavy (non-hydrogen) atoms. The molecule has 0 aliphatic heterocycles. The van der Waals surface area contributed by atoms with Crippen molar-refractivity contribution >= 4 is 44.3 Å². The molecule has 0 saturated heterocycles. The van der Waals surface area contributed by atoms with Gasteiger partial charge in [-0.15, -0.1) is 0 Å². The molecule has 0 aliphatic carbocycles. The number of benzene rings is 1. The maximum absolute atomic E-state index is 12.3. The number of halogens is 1. The number of carboxylic acid groups (broad SMARTS) is 1. The first kappa shape index (κ1) is 18.5. The fourth-order valence-electron chi connectivity index (χ4n) is 2.02. The Morgan fingerprint density at radius 3 is 2.50 bits per heavy atom. The topological polar surface area (TPSA) is 105 Å². The Bertz CT molecular complexity index is 906. The summed E-state index contributed by atoms with van der Waals surface area (Å²) in [5, 5.41) is 9.00. The monoisotopic (exact) mass is 462 g/mol. The van der Waals surface area contributed by atoms with E-state index in [1.165, 1.54) is 25.3 Å². The van der Waals surface area contributed by atoms with E-state index in [4.69, 9.17) is 5.11 Å². The van der Waals surface area contributed by atoms with Crippen molar-refractivity contribution in [2.45, 2.75) is 18.7 Å². The van der Waals surface area contributed by atoms with Crippen molar-refractivity contribution in [1.82, 2.24) is 4.57 Å². The number of rotatable bonds is 6. The smallest absolute Gasteiger partial charge is 0.326 e. The van der Waals surface area contributed by atoms with E-state index in [2.05, 4.69) is 27.3 Å². The van der Waals surface area contributed by atoms with Crippen LogP contribution in [0.25, 0.3) is 0 Å². The minimum absolute atomic E-state index is 0.184. The van der Waals surface area contributed by atoms with Crippen molar-refractivity contribution in [3.63, 3.8) is 0 Å². The van der Waals surface area contributed by atoms with Gasteiger partial charge < -0.3 is 5.11 Å². The van der Waals surface area contributed by atoms with E-state index < -0.39 is 27.6 Å². The van der Waals surface area contributed by atoms with E-state index in [0.717, 1.165) is 8.14 Å². The Kier molecular flexibility index (Phi) is 5.65. The lowest BCUT2D eigenvalue weighted by Gasteiger charge is -2.13. The average Bonchev–Trinajstić information content (AvgIpc) is 2.50. The van der Waals surface area contributed by atoms with Gasteiger partial charge in [-0.3, -0.25) is 14.1 Å². The molecule has 0 fully saturated rings. The number of carbonyl (C=O) groups is 1. The summed E-state index contributed by atoms with van der Waals surface area (Å²) >= 11 is 2.11. The third-order valence-electron chi connectivity index (χ3n) is 3.28. The molecule has 0 radical (unpaired) electrons. The van der Waals surface area contributed by atoms with Crippen LogP contribution in [-0.4, -0.2) is 24.1 Å². The Hall–Kier alpha value is -1.88. The van der Waals surface area contributed by atoms with Gasteiger partial charge in [-0.25, -0.2) is 13.2 Å². The standard InChI is InChI=1S/C15H15IN2O5S/c1-10(15(20)21)18-8-2-3-13(14(18)19)17-24(22,23)9-11-4-6-12(16)7-5-11/h2-8,10,17H,9H2,1H3,(H,20,21)/t10-/m0/s1. The van der Waals surface area contributed by atoms with E-state index in [1.54, 1.807) is 24.3 Å². The molecule has 7 nitrogen and oxygen atoms in total. The lowest BCUT2D eigenvalue weighted by atomic mass is 10.2. The zero-order chi connectivity index (χ0) is 17.9. The highest BCUT2D eigenvalue weighted by atomic mass is 127. The van der Waals surface area contributed by atoms with Crippen molar-refractivity contribution in [3.8, 4) is 0 Å². The molecule has 9 heteroatoms. The molecule has 1 aromatic heterocycles. The Labute approximate surface area is 152 Å².